The zero-order valence-corrected chi connectivity index (χ0v) is 15.3. The summed E-state index contributed by atoms with van der Waals surface area (Å²) in [4.78, 5) is 37.7. The van der Waals surface area contributed by atoms with Crippen LogP contribution in [0.5, 0.6) is 0 Å². The number of rotatable bonds is 3. The van der Waals surface area contributed by atoms with Gasteiger partial charge in [0.15, 0.2) is 0 Å². The fraction of sp³-hybridized carbons (Fsp3) is 0.438. The van der Waals surface area contributed by atoms with Gasteiger partial charge in [0.25, 0.3) is 11.8 Å². The molecule has 2 aliphatic rings. The van der Waals surface area contributed by atoms with Gasteiger partial charge in [-0.05, 0) is 37.5 Å². The lowest BCUT2D eigenvalue weighted by atomic mass is 9.87. The van der Waals surface area contributed by atoms with E-state index in [1.807, 2.05) is 0 Å². The molecule has 0 atom stereocenters. The summed E-state index contributed by atoms with van der Waals surface area (Å²) in [6.07, 6.45) is 1.71. The van der Waals surface area contributed by atoms with Crippen LogP contribution >= 0.6 is 0 Å². The minimum Gasteiger partial charge on any atom is -0.338 e. The molecule has 26 heavy (non-hydrogen) atoms. The number of piperidine rings is 1. The molecule has 3 rings (SSSR count). The maximum Gasteiger partial charge on any atom is 0.322 e. The monoisotopic (exact) mass is 380 g/mol. The maximum absolute atomic E-state index is 12.7. The van der Waals surface area contributed by atoms with E-state index in [-0.39, 0.29) is 11.8 Å². The van der Waals surface area contributed by atoms with Crippen LogP contribution in [0, 0.1) is 6.92 Å². The first-order valence-corrected chi connectivity index (χ1v) is 10.0. The lowest BCUT2D eigenvalue weighted by molar-refractivity contribution is -0.125. The summed E-state index contributed by atoms with van der Waals surface area (Å²) < 4.78 is 25.3. The number of nitrogens with zero attached hydrogens (tertiary/aromatic N) is 1. The molecule has 9 nitrogen and oxygen atoms in total. The predicted molar refractivity (Wildman–Crippen MR) is 94.2 cm³/mol. The molecule has 2 aliphatic heterocycles. The van der Waals surface area contributed by atoms with Crippen LogP contribution in [0.4, 0.5) is 10.5 Å². The van der Waals surface area contributed by atoms with Gasteiger partial charge >= 0.3 is 6.03 Å². The summed E-state index contributed by atoms with van der Waals surface area (Å²) in [5.74, 6) is -0.606. The molecule has 0 aromatic heterocycles. The van der Waals surface area contributed by atoms with E-state index in [0.717, 1.165) is 6.26 Å². The molecule has 0 bridgehead atoms. The van der Waals surface area contributed by atoms with Crippen molar-refractivity contribution in [2.75, 3.05) is 24.1 Å². The Morgan fingerprint density at radius 3 is 2.42 bits per heavy atom. The molecule has 2 heterocycles. The Bertz CT molecular complexity index is 888. The number of hydrogen-bond donors (Lipinski definition) is 3. The number of anilines is 1. The topological polar surface area (TPSA) is 125 Å². The van der Waals surface area contributed by atoms with Crippen molar-refractivity contribution in [1.82, 2.24) is 15.5 Å². The number of aryl methyl sites for hydroxylation is 1. The largest absolute Gasteiger partial charge is 0.338 e. The van der Waals surface area contributed by atoms with Gasteiger partial charge in [0.05, 0.1) is 11.9 Å². The second-order valence-corrected chi connectivity index (χ2v) is 8.43. The van der Waals surface area contributed by atoms with Gasteiger partial charge in [-0.25, -0.2) is 13.2 Å². The Morgan fingerprint density at radius 2 is 1.88 bits per heavy atom. The minimum absolute atomic E-state index is 0.249. The summed E-state index contributed by atoms with van der Waals surface area (Å²) >= 11 is 0. The van der Waals surface area contributed by atoms with Crippen LogP contribution in [0.15, 0.2) is 18.2 Å². The molecule has 1 aromatic rings. The van der Waals surface area contributed by atoms with Gasteiger partial charge in [-0.1, -0.05) is 6.07 Å². The number of likely N-dealkylation sites (tertiary alicyclic amines) is 1. The second kappa shape index (κ2) is 6.27. The Labute approximate surface area is 151 Å². The highest BCUT2D eigenvalue weighted by molar-refractivity contribution is 7.92. The van der Waals surface area contributed by atoms with Gasteiger partial charge in [0.2, 0.25) is 10.0 Å². The molecule has 10 heteroatoms. The average Bonchev–Trinajstić information content (AvgIpc) is 2.82. The standard InChI is InChI=1S/C16H20N4O5S/c1-10-3-4-11(9-12(10)19-26(2,24)25)13(21)20-7-5-16(6-8-20)14(22)17-15(23)18-16/h3-4,9,19H,5-8H2,1-2H3,(H2,17,18,22,23). The van der Waals surface area contributed by atoms with Crippen molar-refractivity contribution >= 4 is 33.6 Å². The Hall–Kier alpha value is -2.62. The van der Waals surface area contributed by atoms with Crippen LogP contribution < -0.4 is 15.4 Å². The van der Waals surface area contributed by atoms with Crippen molar-refractivity contribution in [3.8, 4) is 0 Å². The third kappa shape index (κ3) is 3.50. The molecule has 1 aromatic carbocycles. The normalized spacial score (nSPS) is 19.2. The van der Waals surface area contributed by atoms with E-state index < -0.39 is 21.6 Å². The third-order valence-electron chi connectivity index (χ3n) is 4.70. The van der Waals surface area contributed by atoms with Gasteiger partial charge in [-0.3, -0.25) is 19.6 Å². The van der Waals surface area contributed by atoms with Crippen LogP contribution in [0.25, 0.3) is 0 Å². The summed E-state index contributed by atoms with van der Waals surface area (Å²) in [7, 11) is -3.45. The van der Waals surface area contributed by atoms with E-state index in [0.29, 0.717) is 42.7 Å². The Balaban J connectivity index is 1.74. The van der Waals surface area contributed by atoms with Gasteiger partial charge in [-0.15, -0.1) is 0 Å². The van der Waals surface area contributed by atoms with E-state index in [9.17, 15) is 22.8 Å². The van der Waals surface area contributed by atoms with E-state index in [1.54, 1.807) is 24.0 Å². The van der Waals surface area contributed by atoms with Crippen molar-refractivity contribution in [3.05, 3.63) is 29.3 Å². The number of carbonyl (C=O) groups is 3. The molecular weight excluding hydrogens is 360 g/mol. The third-order valence-corrected chi connectivity index (χ3v) is 5.29. The minimum atomic E-state index is -3.45. The van der Waals surface area contributed by atoms with Crippen LogP contribution in [0.2, 0.25) is 0 Å². The molecule has 2 fully saturated rings. The SMILES string of the molecule is Cc1ccc(C(=O)N2CCC3(CC2)NC(=O)NC3=O)cc1NS(C)(=O)=O. The number of imide groups is 1. The summed E-state index contributed by atoms with van der Waals surface area (Å²) in [6.45, 7) is 2.37. The first-order valence-electron chi connectivity index (χ1n) is 8.11. The summed E-state index contributed by atoms with van der Waals surface area (Å²) in [5.41, 5.74) is 0.478. The first kappa shape index (κ1) is 18.2. The fourth-order valence-electron chi connectivity index (χ4n) is 3.22. The number of nitrogens with one attached hydrogen (secondary N) is 3. The van der Waals surface area contributed by atoms with Crippen LogP contribution in [0.3, 0.4) is 0 Å². The highest BCUT2D eigenvalue weighted by Crippen LogP contribution is 2.27. The van der Waals surface area contributed by atoms with Crippen molar-refractivity contribution in [2.24, 2.45) is 0 Å². The molecular formula is C16H20N4O5S. The fourth-order valence-corrected chi connectivity index (χ4v) is 3.84. The van der Waals surface area contributed by atoms with Crippen molar-refractivity contribution in [3.63, 3.8) is 0 Å². The summed E-state index contributed by atoms with van der Waals surface area (Å²) in [5, 5.41) is 4.88. The quantitative estimate of drug-likeness (QED) is 0.645. The van der Waals surface area contributed by atoms with Crippen LogP contribution in [-0.2, 0) is 14.8 Å². The van der Waals surface area contributed by atoms with Gasteiger partial charge < -0.3 is 10.2 Å². The van der Waals surface area contributed by atoms with Crippen LogP contribution in [0.1, 0.15) is 28.8 Å². The number of carbonyl (C=O) groups excluding carboxylic acids is 3. The molecule has 3 N–H and O–H groups in total. The molecule has 140 valence electrons. The van der Waals surface area contributed by atoms with E-state index in [4.69, 9.17) is 0 Å². The highest BCUT2D eigenvalue weighted by Gasteiger charge is 2.48. The molecule has 0 aliphatic carbocycles. The van der Waals surface area contributed by atoms with Crippen molar-refractivity contribution in [1.29, 1.82) is 0 Å². The molecule has 0 saturated carbocycles. The summed E-state index contributed by atoms with van der Waals surface area (Å²) in [6, 6.07) is 4.31. The molecule has 4 amide bonds. The Kier molecular flexibility index (Phi) is 4.39. The van der Waals surface area contributed by atoms with Crippen molar-refractivity contribution in [2.45, 2.75) is 25.3 Å². The smallest absolute Gasteiger partial charge is 0.322 e. The highest BCUT2D eigenvalue weighted by atomic mass is 32.2. The number of urea groups is 1. The predicted octanol–water partition coefficient (Wildman–Crippen LogP) is 0.181. The van der Waals surface area contributed by atoms with E-state index in [1.165, 1.54) is 6.07 Å². The maximum atomic E-state index is 12.7. The zero-order valence-electron chi connectivity index (χ0n) is 14.5. The van der Waals surface area contributed by atoms with E-state index in [2.05, 4.69) is 15.4 Å². The molecule has 0 radical (unpaired) electrons. The first-order chi connectivity index (χ1) is 12.1. The average molecular weight is 380 g/mol. The number of sulfonamides is 1. The molecule has 2 saturated heterocycles. The number of amides is 4. The van der Waals surface area contributed by atoms with E-state index >= 15 is 0 Å². The number of benzene rings is 1. The van der Waals surface area contributed by atoms with Crippen LogP contribution in [-0.4, -0.2) is 56.0 Å². The lowest BCUT2D eigenvalue weighted by Gasteiger charge is -2.37. The molecule has 0 unspecified atom stereocenters. The molecule has 1 spiro atoms. The van der Waals surface area contributed by atoms with Gasteiger partial charge in [-0.2, -0.15) is 0 Å². The zero-order chi connectivity index (χ0) is 19.1. The van der Waals surface area contributed by atoms with Gasteiger partial charge in [0, 0.05) is 18.7 Å². The Morgan fingerprint density at radius 1 is 1.23 bits per heavy atom. The lowest BCUT2D eigenvalue weighted by Crippen LogP contribution is -2.55. The van der Waals surface area contributed by atoms with Crippen molar-refractivity contribution < 1.29 is 22.8 Å². The van der Waals surface area contributed by atoms with Gasteiger partial charge in [0.1, 0.15) is 5.54 Å². The second-order valence-electron chi connectivity index (χ2n) is 6.69. The number of hydrogen-bond acceptors (Lipinski definition) is 5.